The normalized spacial score (nSPS) is 10.4. The summed E-state index contributed by atoms with van der Waals surface area (Å²) in [6.45, 7) is 3.19. The van der Waals surface area contributed by atoms with E-state index in [2.05, 4.69) is 34.8 Å². The van der Waals surface area contributed by atoms with Gasteiger partial charge in [0.2, 0.25) is 0 Å². The highest BCUT2D eigenvalue weighted by atomic mass is 79.9. The molecular weight excluding hydrogens is 257 g/mol. The van der Waals surface area contributed by atoms with Crippen LogP contribution in [-0.4, -0.2) is 13.6 Å². The molecule has 0 atom stereocenters. The Kier molecular flexibility index (Phi) is 5.09. The van der Waals surface area contributed by atoms with Crippen molar-refractivity contribution in [3.63, 3.8) is 0 Å². The molecule has 0 aliphatic carbocycles. The third-order valence-electron chi connectivity index (χ3n) is 2.44. The molecule has 1 rings (SSSR count). The van der Waals surface area contributed by atoms with Crippen molar-refractivity contribution in [1.29, 1.82) is 0 Å². The van der Waals surface area contributed by atoms with Gasteiger partial charge >= 0.3 is 0 Å². The van der Waals surface area contributed by atoms with E-state index in [1.54, 1.807) is 6.07 Å². The first-order valence-electron chi connectivity index (χ1n) is 5.24. The van der Waals surface area contributed by atoms with Gasteiger partial charge in [-0.05, 0) is 30.2 Å². The maximum absolute atomic E-state index is 13.0. The van der Waals surface area contributed by atoms with Crippen LogP contribution in [0.3, 0.4) is 0 Å². The van der Waals surface area contributed by atoms with Gasteiger partial charge in [0, 0.05) is 24.6 Å². The van der Waals surface area contributed by atoms with Crippen molar-refractivity contribution in [3.05, 3.63) is 29.6 Å². The fraction of sp³-hybridized carbons (Fsp3) is 0.500. The van der Waals surface area contributed by atoms with Crippen molar-refractivity contribution in [3.8, 4) is 0 Å². The quantitative estimate of drug-likeness (QED) is 0.735. The fourth-order valence-electron chi connectivity index (χ4n) is 1.55. The first kappa shape index (κ1) is 12.5. The Labute approximate surface area is 99.4 Å². The van der Waals surface area contributed by atoms with Gasteiger partial charge < -0.3 is 4.90 Å². The van der Waals surface area contributed by atoms with E-state index in [1.807, 2.05) is 6.07 Å². The molecule has 0 spiro atoms. The lowest BCUT2D eigenvalue weighted by Gasteiger charge is -2.21. The number of alkyl halides is 1. The summed E-state index contributed by atoms with van der Waals surface area (Å²) in [4.78, 5) is 2.18. The first-order chi connectivity index (χ1) is 7.19. The summed E-state index contributed by atoms with van der Waals surface area (Å²) in [6, 6.07) is 4.96. The summed E-state index contributed by atoms with van der Waals surface area (Å²) in [5, 5.41) is 0.691. The number of nitrogens with zero attached hydrogens (tertiary/aromatic N) is 1. The summed E-state index contributed by atoms with van der Waals surface area (Å²) in [5.41, 5.74) is 2.12. The van der Waals surface area contributed by atoms with E-state index in [1.165, 1.54) is 12.5 Å². The molecule has 0 saturated carbocycles. The molecule has 0 aliphatic heterocycles. The molecule has 0 aliphatic rings. The molecule has 84 valence electrons. The summed E-state index contributed by atoms with van der Waals surface area (Å²) < 4.78 is 13.0. The van der Waals surface area contributed by atoms with E-state index >= 15 is 0 Å². The Bertz CT molecular complexity index is 314. The Morgan fingerprint density at radius 3 is 2.73 bits per heavy atom. The van der Waals surface area contributed by atoms with E-state index < -0.39 is 0 Å². The fourth-order valence-corrected chi connectivity index (χ4v) is 2.00. The van der Waals surface area contributed by atoms with Crippen LogP contribution in [-0.2, 0) is 5.33 Å². The summed E-state index contributed by atoms with van der Waals surface area (Å²) in [5.74, 6) is -0.169. The summed E-state index contributed by atoms with van der Waals surface area (Å²) in [7, 11) is 2.05. The average molecular weight is 274 g/mol. The SMILES string of the molecule is CCCCN(C)c1ccc(F)cc1CBr. The lowest BCUT2D eigenvalue weighted by Crippen LogP contribution is -2.19. The van der Waals surface area contributed by atoms with Gasteiger partial charge in [0.15, 0.2) is 0 Å². The van der Waals surface area contributed by atoms with Crippen LogP contribution in [0.15, 0.2) is 18.2 Å². The number of benzene rings is 1. The smallest absolute Gasteiger partial charge is 0.123 e. The molecule has 1 nitrogen and oxygen atoms in total. The third-order valence-corrected chi connectivity index (χ3v) is 3.05. The predicted molar refractivity (Wildman–Crippen MR) is 67.2 cm³/mol. The monoisotopic (exact) mass is 273 g/mol. The minimum atomic E-state index is -0.169. The van der Waals surface area contributed by atoms with Crippen molar-refractivity contribution in [1.82, 2.24) is 0 Å². The number of rotatable bonds is 5. The standard InChI is InChI=1S/C12H17BrFN/c1-3-4-7-15(2)12-6-5-11(14)8-10(12)9-13/h5-6,8H,3-4,7,9H2,1-2H3. The van der Waals surface area contributed by atoms with Crippen molar-refractivity contribution in [2.24, 2.45) is 0 Å². The summed E-state index contributed by atoms with van der Waals surface area (Å²) in [6.07, 6.45) is 2.34. The minimum absolute atomic E-state index is 0.169. The van der Waals surface area contributed by atoms with Crippen molar-refractivity contribution < 1.29 is 4.39 Å². The number of unbranched alkanes of at least 4 members (excludes halogenated alkanes) is 1. The highest BCUT2D eigenvalue weighted by Crippen LogP contribution is 2.23. The highest BCUT2D eigenvalue weighted by molar-refractivity contribution is 9.08. The van der Waals surface area contributed by atoms with E-state index in [0.717, 1.165) is 24.2 Å². The zero-order valence-electron chi connectivity index (χ0n) is 9.26. The van der Waals surface area contributed by atoms with Crippen LogP contribution in [0.1, 0.15) is 25.3 Å². The average Bonchev–Trinajstić information content (AvgIpc) is 2.25. The molecule has 15 heavy (non-hydrogen) atoms. The number of hydrogen-bond acceptors (Lipinski definition) is 1. The second-order valence-corrected chi connectivity index (χ2v) is 4.24. The molecule has 0 unspecified atom stereocenters. The van der Waals surface area contributed by atoms with Crippen LogP contribution >= 0.6 is 15.9 Å². The van der Waals surface area contributed by atoms with Crippen LogP contribution in [0.2, 0.25) is 0 Å². The number of halogens is 2. The molecule has 0 fully saturated rings. The van der Waals surface area contributed by atoms with Gasteiger partial charge in [-0.1, -0.05) is 29.3 Å². The Balaban J connectivity index is 2.82. The highest BCUT2D eigenvalue weighted by Gasteiger charge is 2.07. The maximum atomic E-state index is 13.0. The molecule has 0 bridgehead atoms. The Morgan fingerprint density at radius 1 is 1.40 bits per heavy atom. The lowest BCUT2D eigenvalue weighted by molar-refractivity contribution is 0.626. The van der Waals surface area contributed by atoms with Gasteiger partial charge in [0.05, 0.1) is 0 Å². The zero-order valence-corrected chi connectivity index (χ0v) is 10.8. The van der Waals surface area contributed by atoms with Gasteiger partial charge in [-0.25, -0.2) is 4.39 Å². The van der Waals surface area contributed by atoms with Crippen LogP contribution in [0, 0.1) is 5.82 Å². The van der Waals surface area contributed by atoms with Gasteiger partial charge in [-0.3, -0.25) is 0 Å². The molecule has 3 heteroatoms. The molecule has 0 N–H and O–H groups in total. The Hall–Kier alpha value is -0.570. The molecule has 1 aromatic carbocycles. The van der Waals surface area contributed by atoms with Crippen LogP contribution in [0.4, 0.5) is 10.1 Å². The molecule has 0 amide bonds. The Morgan fingerprint density at radius 2 is 2.13 bits per heavy atom. The van der Waals surface area contributed by atoms with Crippen LogP contribution < -0.4 is 4.90 Å². The molecule has 0 radical (unpaired) electrons. The van der Waals surface area contributed by atoms with Crippen LogP contribution in [0.25, 0.3) is 0 Å². The van der Waals surface area contributed by atoms with Gasteiger partial charge in [0.25, 0.3) is 0 Å². The van der Waals surface area contributed by atoms with E-state index in [4.69, 9.17) is 0 Å². The predicted octanol–water partition coefficient (Wildman–Crippen LogP) is 3.96. The topological polar surface area (TPSA) is 3.24 Å². The van der Waals surface area contributed by atoms with E-state index in [0.29, 0.717) is 5.33 Å². The molecule has 1 aromatic rings. The maximum Gasteiger partial charge on any atom is 0.123 e. The van der Waals surface area contributed by atoms with E-state index in [9.17, 15) is 4.39 Å². The first-order valence-corrected chi connectivity index (χ1v) is 6.36. The van der Waals surface area contributed by atoms with Crippen LogP contribution in [0.5, 0.6) is 0 Å². The van der Waals surface area contributed by atoms with Crippen molar-refractivity contribution in [2.45, 2.75) is 25.1 Å². The second-order valence-electron chi connectivity index (χ2n) is 3.68. The largest absolute Gasteiger partial charge is 0.374 e. The van der Waals surface area contributed by atoms with Gasteiger partial charge in [-0.15, -0.1) is 0 Å². The van der Waals surface area contributed by atoms with E-state index in [-0.39, 0.29) is 5.82 Å². The summed E-state index contributed by atoms with van der Waals surface area (Å²) >= 11 is 3.39. The minimum Gasteiger partial charge on any atom is -0.374 e. The number of hydrogen-bond donors (Lipinski definition) is 0. The molecule has 0 aromatic heterocycles. The number of anilines is 1. The molecule has 0 saturated heterocycles. The second kappa shape index (κ2) is 6.11. The van der Waals surface area contributed by atoms with Gasteiger partial charge in [0.1, 0.15) is 5.82 Å². The molecule has 0 heterocycles. The third kappa shape index (κ3) is 3.49. The molecular formula is C12H17BrFN. The lowest BCUT2D eigenvalue weighted by atomic mass is 10.1. The zero-order chi connectivity index (χ0) is 11.3. The van der Waals surface area contributed by atoms with Crippen molar-refractivity contribution in [2.75, 3.05) is 18.5 Å². The van der Waals surface area contributed by atoms with Crippen molar-refractivity contribution >= 4 is 21.6 Å². The van der Waals surface area contributed by atoms with Gasteiger partial charge in [-0.2, -0.15) is 0 Å².